The van der Waals surface area contributed by atoms with Crippen LogP contribution in [-0.4, -0.2) is 45.3 Å². The molecule has 0 aliphatic carbocycles. The molecule has 3 rings (SSSR count). The molecule has 0 saturated heterocycles. The van der Waals surface area contributed by atoms with Crippen LogP contribution in [0.3, 0.4) is 0 Å². The predicted molar refractivity (Wildman–Crippen MR) is 110 cm³/mol. The smallest absolute Gasteiger partial charge is 0.191 e. The van der Waals surface area contributed by atoms with E-state index in [1.54, 1.807) is 7.05 Å². The van der Waals surface area contributed by atoms with Crippen molar-refractivity contribution in [3.05, 3.63) is 66.1 Å². The molecule has 3 aromatic rings. The van der Waals surface area contributed by atoms with Crippen molar-refractivity contribution in [2.75, 3.05) is 25.9 Å². The summed E-state index contributed by atoms with van der Waals surface area (Å²) < 4.78 is 38.3. The van der Waals surface area contributed by atoms with E-state index in [-0.39, 0.29) is 17.2 Å². The molecule has 0 unspecified atom stereocenters. The lowest BCUT2D eigenvalue weighted by molar-refractivity contribution is 0.566. The third kappa shape index (κ3) is 4.69. The topological polar surface area (TPSA) is 86.3 Å². The van der Waals surface area contributed by atoms with E-state index in [1.807, 2.05) is 24.4 Å². The van der Waals surface area contributed by atoms with Crippen molar-refractivity contribution in [1.82, 2.24) is 15.6 Å². The average molecular weight is 402 g/mol. The largest absolute Gasteiger partial charge is 0.361 e. The molecule has 0 radical (unpaired) electrons. The van der Waals surface area contributed by atoms with Crippen molar-refractivity contribution in [1.29, 1.82) is 0 Å². The summed E-state index contributed by atoms with van der Waals surface area (Å²) in [5.41, 5.74) is 2.29. The highest BCUT2D eigenvalue weighted by atomic mass is 32.2. The lowest BCUT2D eigenvalue weighted by atomic mass is 10.1. The zero-order valence-electron chi connectivity index (χ0n) is 15.6. The van der Waals surface area contributed by atoms with Crippen LogP contribution in [0.1, 0.15) is 5.56 Å². The second kappa shape index (κ2) is 8.88. The Morgan fingerprint density at radius 1 is 1.07 bits per heavy atom. The van der Waals surface area contributed by atoms with Gasteiger partial charge in [-0.25, -0.2) is 12.8 Å². The summed E-state index contributed by atoms with van der Waals surface area (Å²) in [4.78, 5) is 7.06. The van der Waals surface area contributed by atoms with Gasteiger partial charge in [0.1, 0.15) is 10.7 Å². The molecule has 0 aliphatic rings. The van der Waals surface area contributed by atoms with E-state index in [4.69, 9.17) is 0 Å². The number of nitrogens with one attached hydrogen (secondary N) is 3. The van der Waals surface area contributed by atoms with Crippen molar-refractivity contribution in [3.63, 3.8) is 0 Å². The number of sulfone groups is 1. The zero-order valence-corrected chi connectivity index (χ0v) is 16.4. The van der Waals surface area contributed by atoms with Crippen LogP contribution in [0.2, 0.25) is 0 Å². The van der Waals surface area contributed by atoms with Crippen LogP contribution in [0.15, 0.2) is 64.6 Å². The van der Waals surface area contributed by atoms with Gasteiger partial charge in [0.15, 0.2) is 15.8 Å². The van der Waals surface area contributed by atoms with Crippen molar-refractivity contribution in [3.8, 4) is 0 Å². The molecular weight excluding hydrogens is 379 g/mol. The number of hydrogen-bond acceptors (Lipinski definition) is 3. The highest BCUT2D eigenvalue weighted by Gasteiger charge is 2.18. The number of rotatable bonds is 7. The molecule has 0 saturated carbocycles. The number of aromatic nitrogens is 1. The summed E-state index contributed by atoms with van der Waals surface area (Å²) in [6, 6.07) is 13.5. The van der Waals surface area contributed by atoms with Crippen molar-refractivity contribution >= 4 is 26.7 Å². The molecule has 148 valence electrons. The van der Waals surface area contributed by atoms with Gasteiger partial charge in [0.05, 0.1) is 5.75 Å². The van der Waals surface area contributed by atoms with Crippen LogP contribution < -0.4 is 10.6 Å². The Morgan fingerprint density at radius 2 is 1.79 bits per heavy atom. The summed E-state index contributed by atoms with van der Waals surface area (Å²) in [5.74, 6) is -0.454. The third-order valence-electron chi connectivity index (χ3n) is 4.42. The summed E-state index contributed by atoms with van der Waals surface area (Å²) >= 11 is 0. The molecule has 0 aliphatic heterocycles. The molecular formula is C20H23FN4O2S. The number of para-hydroxylation sites is 1. The minimum atomic E-state index is -3.70. The van der Waals surface area contributed by atoms with Gasteiger partial charge in [0.2, 0.25) is 0 Å². The Bertz CT molecular complexity index is 1080. The zero-order chi connectivity index (χ0) is 20.0. The number of aromatic amines is 1. The number of aliphatic imine (C=N–C) groups is 1. The van der Waals surface area contributed by atoms with E-state index < -0.39 is 15.7 Å². The van der Waals surface area contributed by atoms with E-state index in [0.29, 0.717) is 12.5 Å². The fourth-order valence-corrected chi connectivity index (χ4v) is 4.23. The molecule has 1 aromatic heterocycles. The monoisotopic (exact) mass is 402 g/mol. The highest BCUT2D eigenvalue weighted by Crippen LogP contribution is 2.17. The molecule has 3 N–H and O–H groups in total. The lowest BCUT2D eigenvalue weighted by Gasteiger charge is -2.12. The second-order valence-corrected chi connectivity index (χ2v) is 8.36. The first-order chi connectivity index (χ1) is 13.5. The first-order valence-corrected chi connectivity index (χ1v) is 10.6. The second-order valence-electron chi connectivity index (χ2n) is 6.28. The molecule has 0 bridgehead atoms. The van der Waals surface area contributed by atoms with E-state index in [2.05, 4.69) is 26.7 Å². The van der Waals surface area contributed by atoms with E-state index >= 15 is 0 Å². The van der Waals surface area contributed by atoms with E-state index in [1.165, 1.54) is 29.1 Å². The van der Waals surface area contributed by atoms with Crippen LogP contribution >= 0.6 is 0 Å². The Morgan fingerprint density at radius 3 is 2.57 bits per heavy atom. The van der Waals surface area contributed by atoms with Gasteiger partial charge in [-0.2, -0.15) is 0 Å². The Balaban J connectivity index is 1.49. The number of H-pyrrole nitrogens is 1. The number of fused-ring (bicyclic) bond motifs is 1. The molecule has 28 heavy (non-hydrogen) atoms. The van der Waals surface area contributed by atoms with Crippen molar-refractivity contribution in [2.24, 2.45) is 4.99 Å². The standard InChI is InChI=1S/C20H23FN4O2S/c1-22-20(23-11-10-15-14-25-18-8-4-2-6-16(15)18)24-12-13-28(26,27)19-9-5-3-7-17(19)21/h2-9,14,25H,10-13H2,1H3,(H2,22,23,24). The van der Waals surface area contributed by atoms with Gasteiger partial charge in [-0.05, 0) is 30.2 Å². The fourth-order valence-electron chi connectivity index (χ4n) is 2.99. The number of nitrogens with zero attached hydrogens (tertiary/aromatic N) is 1. The van der Waals surface area contributed by atoms with E-state index in [9.17, 15) is 12.8 Å². The summed E-state index contributed by atoms with van der Waals surface area (Å²) in [6.45, 7) is 0.769. The van der Waals surface area contributed by atoms with Crippen LogP contribution in [0.5, 0.6) is 0 Å². The van der Waals surface area contributed by atoms with Gasteiger partial charge < -0.3 is 15.6 Å². The van der Waals surface area contributed by atoms with Crippen LogP contribution in [0.25, 0.3) is 10.9 Å². The summed E-state index contributed by atoms with van der Waals surface area (Å²) in [6.07, 6.45) is 2.78. The van der Waals surface area contributed by atoms with Gasteiger partial charge in [-0.15, -0.1) is 0 Å². The molecule has 0 atom stereocenters. The number of halogens is 1. The molecule has 6 nitrogen and oxygen atoms in total. The normalized spacial score (nSPS) is 12.3. The highest BCUT2D eigenvalue weighted by molar-refractivity contribution is 7.91. The molecule has 8 heteroatoms. The number of benzene rings is 2. The van der Waals surface area contributed by atoms with Gasteiger partial charge in [-0.3, -0.25) is 4.99 Å². The minimum absolute atomic E-state index is 0.128. The van der Waals surface area contributed by atoms with Crippen LogP contribution in [0.4, 0.5) is 4.39 Å². The number of guanidine groups is 1. The van der Waals surface area contributed by atoms with Crippen molar-refractivity contribution < 1.29 is 12.8 Å². The first-order valence-electron chi connectivity index (χ1n) is 8.98. The Kier molecular flexibility index (Phi) is 6.30. The van der Waals surface area contributed by atoms with Crippen LogP contribution in [0, 0.1) is 5.82 Å². The maximum Gasteiger partial charge on any atom is 0.191 e. The molecule has 0 fully saturated rings. The molecule has 2 aromatic carbocycles. The van der Waals surface area contributed by atoms with Crippen LogP contribution in [-0.2, 0) is 16.3 Å². The lowest BCUT2D eigenvalue weighted by Crippen LogP contribution is -2.40. The van der Waals surface area contributed by atoms with Gasteiger partial charge in [0.25, 0.3) is 0 Å². The maximum absolute atomic E-state index is 13.7. The predicted octanol–water partition coefficient (Wildman–Crippen LogP) is 2.49. The van der Waals surface area contributed by atoms with Gasteiger partial charge in [0, 0.05) is 37.2 Å². The SMILES string of the molecule is CN=C(NCCc1c[nH]c2ccccc12)NCCS(=O)(=O)c1ccccc1F. The van der Waals surface area contributed by atoms with E-state index in [0.717, 1.165) is 18.0 Å². The average Bonchev–Trinajstić information content (AvgIpc) is 3.10. The third-order valence-corrected chi connectivity index (χ3v) is 6.16. The van der Waals surface area contributed by atoms with Crippen molar-refractivity contribution in [2.45, 2.75) is 11.3 Å². The molecule has 1 heterocycles. The maximum atomic E-state index is 13.7. The molecule has 0 spiro atoms. The Hall–Kier alpha value is -2.87. The summed E-state index contributed by atoms with van der Waals surface area (Å²) in [7, 11) is -2.08. The fraction of sp³-hybridized carbons (Fsp3) is 0.250. The van der Waals surface area contributed by atoms with Gasteiger partial charge >= 0.3 is 0 Å². The minimum Gasteiger partial charge on any atom is -0.361 e. The Labute approximate surface area is 163 Å². The first kappa shape index (κ1) is 19.9. The molecule has 0 amide bonds. The summed E-state index contributed by atoms with van der Waals surface area (Å²) in [5, 5.41) is 7.31. The van der Waals surface area contributed by atoms with Gasteiger partial charge in [-0.1, -0.05) is 30.3 Å². The number of hydrogen-bond donors (Lipinski definition) is 3. The quantitative estimate of drug-likeness (QED) is 0.419.